The lowest BCUT2D eigenvalue weighted by molar-refractivity contribution is -0.123. The van der Waals surface area contributed by atoms with Gasteiger partial charge in [-0.1, -0.05) is 0 Å². The number of carbonyl (C=O) groups excluding carboxylic acids is 1. The van der Waals surface area contributed by atoms with Crippen LogP contribution in [0.5, 0.6) is 0 Å². The van der Waals surface area contributed by atoms with E-state index in [1.165, 1.54) is 0 Å². The molecule has 0 spiro atoms. The largest absolute Gasteiger partial charge is 0.413 e. The fourth-order valence-electron chi connectivity index (χ4n) is 3.94. The summed E-state index contributed by atoms with van der Waals surface area (Å²) >= 11 is 0. The van der Waals surface area contributed by atoms with E-state index in [0.717, 1.165) is 44.9 Å². The molecule has 1 aliphatic heterocycles. The lowest BCUT2D eigenvalue weighted by Gasteiger charge is -2.33. The van der Waals surface area contributed by atoms with Crippen molar-refractivity contribution >= 4 is 14.1 Å². The summed E-state index contributed by atoms with van der Waals surface area (Å²) in [5.74, 6) is 0.938. The monoisotopic (exact) mass is 312 g/mol. The number of hydrogen-bond acceptors (Lipinski definition) is 3. The first-order valence-corrected chi connectivity index (χ1v) is 11.9. The minimum absolute atomic E-state index is 0.0220. The minimum Gasteiger partial charge on any atom is -0.413 e. The van der Waals surface area contributed by atoms with Gasteiger partial charge in [0.25, 0.3) is 0 Å². The molecule has 1 saturated heterocycles. The molecule has 1 saturated carbocycles. The van der Waals surface area contributed by atoms with Gasteiger partial charge >= 0.3 is 0 Å². The van der Waals surface area contributed by atoms with Crippen molar-refractivity contribution in [3.63, 3.8) is 0 Å². The van der Waals surface area contributed by atoms with Gasteiger partial charge in [-0.25, -0.2) is 0 Å². The molecule has 0 bridgehead atoms. The Balaban J connectivity index is 1.71. The summed E-state index contributed by atoms with van der Waals surface area (Å²) in [7, 11) is -1.48. The Bertz CT molecular complexity index is 373. The first kappa shape index (κ1) is 17.2. The fraction of sp³-hybridized carbons (Fsp3) is 0.941. The molecule has 0 aromatic rings. The number of rotatable bonds is 6. The van der Waals surface area contributed by atoms with Crippen LogP contribution in [0, 0.1) is 5.92 Å². The second-order valence-electron chi connectivity index (χ2n) is 8.44. The number of hydrogen-bond donors (Lipinski definition) is 0. The van der Waals surface area contributed by atoms with Crippen LogP contribution < -0.4 is 0 Å². The Hall–Kier alpha value is -0.193. The molecule has 4 heteroatoms. The molecule has 0 radical (unpaired) electrons. The maximum atomic E-state index is 11.5. The molecule has 3 nitrogen and oxygen atoms in total. The molecular weight excluding hydrogens is 280 g/mol. The van der Waals surface area contributed by atoms with Crippen LogP contribution in [0.25, 0.3) is 0 Å². The van der Waals surface area contributed by atoms with E-state index >= 15 is 0 Å². The van der Waals surface area contributed by atoms with Gasteiger partial charge < -0.3 is 9.16 Å². The lowest BCUT2D eigenvalue weighted by atomic mass is 9.84. The van der Waals surface area contributed by atoms with Crippen molar-refractivity contribution in [1.82, 2.24) is 0 Å². The third-order valence-electron chi connectivity index (χ3n) is 4.54. The molecule has 21 heavy (non-hydrogen) atoms. The molecule has 1 heterocycles. The zero-order chi connectivity index (χ0) is 15.7. The van der Waals surface area contributed by atoms with Crippen LogP contribution in [0.4, 0.5) is 0 Å². The van der Waals surface area contributed by atoms with Crippen LogP contribution in [0.1, 0.15) is 58.8 Å². The van der Waals surface area contributed by atoms with Gasteiger partial charge in [-0.2, -0.15) is 0 Å². The van der Waals surface area contributed by atoms with Gasteiger partial charge in [0.2, 0.25) is 0 Å². The van der Waals surface area contributed by atoms with Gasteiger partial charge in [-0.3, -0.25) is 4.79 Å². The van der Waals surface area contributed by atoms with Gasteiger partial charge in [0.15, 0.2) is 8.32 Å². The van der Waals surface area contributed by atoms with Crippen LogP contribution in [0.3, 0.4) is 0 Å². The predicted molar refractivity (Wildman–Crippen MR) is 88.0 cm³/mol. The number of ether oxygens (including phenoxy) is 1. The highest BCUT2D eigenvalue weighted by Crippen LogP contribution is 2.38. The highest BCUT2D eigenvalue weighted by Gasteiger charge is 2.39. The Morgan fingerprint density at radius 3 is 2.71 bits per heavy atom. The van der Waals surface area contributed by atoms with Crippen molar-refractivity contribution in [3.8, 4) is 0 Å². The van der Waals surface area contributed by atoms with Gasteiger partial charge in [0.05, 0.1) is 17.8 Å². The predicted octanol–water partition coefficient (Wildman–Crippen LogP) is 4.31. The molecule has 0 aromatic heterocycles. The van der Waals surface area contributed by atoms with Crippen molar-refractivity contribution in [3.05, 3.63) is 0 Å². The number of fused-ring (bicyclic) bond motifs is 1. The molecule has 0 aromatic carbocycles. The van der Waals surface area contributed by atoms with Gasteiger partial charge in [-0.15, -0.1) is 0 Å². The van der Waals surface area contributed by atoms with E-state index in [-0.39, 0.29) is 5.60 Å². The molecule has 3 atom stereocenters. The van der Waals surface area contributed by atoms with Crippen molar-refractivity contribution < 1.29 is 14.0 Å². The summed E-state index contributed by atoms with van der Waals surface area (Å²) in [6, 6.07) is 0. The van der Waals surface area contributed by atoms with E-state index in [1.54, 1.807) is 0 Å². The Morgan fingerprint density at radius 2 is 2.05 bits per heavy atom. The van der Waals surface area contributed by atoms with Crippen LogP contribution in [-0.2, 0) is 14.0 Å². The smallest absolute Gasteiger partial charge is 0.184 e. The summed E-state index contributed by atoms with van der Waals surface area (Å²) < 4.78 is 12.4. The average molecular weight is 313 g/mol. The van der Waals surface area contributed by atoms with Gasteiger partial charge in [-0.05, 0) is 71.5 Å². The highest BCUT2D eigenvalue weighted by molar-refractivity contribution is 6.69. The first-order valence-electron chi connectivity index (χ1n) is 8.52. The first-order chi connectivity index (χ1) is 9.65. The number of Topliss-reactive ketones (excluding diaryl/α,β-unsaturated/α-hetero) is 1. The van der Waals surface area contributed by atoms with Crippen molar-refractivity contribution in [2.24, 2.45) is 5.92 Å². The Labute approximate surface area is 130 Å². The zero-order valence-electron chi connectivity index (χ0n) is 14.4. The second kappa shape index (κ2) is 6.51. The van der Waals surface area contributed by atoms with Crippen molar-refractivity contribution in [2.45, 2.75) is 96.2 Å². The van der Waals surface area contributed by atoms with Crippen LogP contribution in [0.15, 0.2) is 0 Å². The average Bonchev–Trinajstić information content (AvgIpc) is 2.66. The Kier molecular flexibility index (Phi) is 5.32. The fourth-order valence-corrected chi connectivity index (χ4v) is 5.70. The molecule has 122 valence electrons. The summed E-state index contributed by atoms with van der Waals surface area (Å²) in [4.78, 5) is 11.5. The van der Waals surface area contributed by atoms with E-state index < -0.39 is 8.32 Å². The maximum absolute atomic E-state index is 11.5. The Morgan fingerprint density at radius 1 is 1.33 bits per heavy atom. The van der Waals surface area contributed by atoms with Crippen LogP contribution >= 0.6 is 0 Å². The van der Waals surface area contributed by atoms with Gasteiger partial charge in [0, 0.05) is 12.8 Å². The topological polar surface area (TPSA) is 35.5 Å². The summed E-state index contributed by atoms with van der Waals surface area (Å²) in [6.07, 6.45) is 7.60. The van der Waals surface area contributed by atoms with Crippen molar-refractivity contribution in [2.75, 3.05) is 0 Å². The van der Waals surface area contributed by atoms with E-state index in [2.05, 4.69) is 33.5 Å². The summed E-state index contributed by atoms with van der Waals surface area (Å²) in [6.45, 7) is 11.2. The minimum atomic E-state index is -1.48. The van der Waals surface area contributed by atoms with Crippen molar-refractivity contribution in [1.29, 1.82) is 0 Å². The molecular formula is C17H32O3Si. The van der Waals surface area contributed by atoms with Crippen LogP contribution in [-0.4, -0.2) is 31.9 Å². The third-order valence-corrected chi connectivity index (χ3v) is 5.71. The van der Waals surface area contributed by atoms with E-state index in [4.69, 9.17) is 9.16 Å². The second-order valence-corrected chi connectivity index (χ2v) is 12.9. The third kappa shape index (κ3) is 5.50. The zero-order valence-corrected chi connectivity index (χ0v) is 15.4. The standard InChI is InChI=1S/C17H32O3Si/c1-17(2,20-21(3,4)5)10-6-7-15-12-13-11-14(18)8-9-16(13)19-15/h13,15-16H,6-12H2,1-5H3/t13-,15+,16?/m0/s1. The summed E-state index contributed by atoms with van der Waals surface area (Å²) in [5.41, 5.74) is -0.0220. The van der Waals surface area contributed by atoms with Gasteiger partial charge in [0.1, 0.15) is 5.78 Å². The quantitative estimate of drug-likeness (QED) is 0.685. The highest BCUT2D eigenvalue weighted by atomic mass is 28.4. The maximum Gasteiger partial charge on any atom is 0.184 e. The molecule has 2 fully saturated rings. The molecule has 2 rings (SSSR count). The molecule has 2 aliphatic rings. The molecule has 0 N–H and O–H groups in total. The van der Waals surface area contributed by atoms with E-state index in [0.29, 0.717) is 23.9 Å². The van der Waals surface area contributed by atoms with Crippen LogP contribution in [0.2, 0.25) is 19.6 Å². The lowest BCUT2D eigenvalue weighted by Crippen LogP contribution is -2.38. The number of carbonyl (C=O) groups is 1. The molecule has 0 amide bonds. The van der Waals surface area contributed by atoms with E-state index in [9.17, 15) is 4.79 Å². The van der Waals surface area contributed by atoms with E-state index in [1.807, 2.05) is 0 Å². The number of ketones is 1. The SMILES string of the molecule is CC(C)(CCC[C@@H]1C[C@@H]2CC(=O)CCC2O1)O[Si](C)(C)C. The molecule has 1 unspecified atom stereocenters. The normalized spacial score (nSPS) is 30.5. The summed E-state index contributed by atoms with van der Waals surface area (Å²) in [5, 5.41) is 0. The molecule has 1 aliphatic carbocycles.